The van der Waals surface area contributed by atoms with Crippen molar-refractivity contribution in [2.24, 2.45) is 0 Å². The molecular weight excluding hydrogens is 332 g/mol. The molecule has 112 valence electrons. The summed E-state index contributed by atoms with van der Waals surface area (Å²) in [6, 6.07) is 7.98. The smallest absolute Gasteiger partial charge is 0.150 e. The van der Waals surface area contributed by atoms with Crippen molar-refractivity contribution in [2.75, 3.05) is 7.11 Å². The SMILES string of the molecule is COc1ccc(Oc2cnccc2CNC(C)C)c(Br)c1. The molecule has 0 spiro atoms. The van der Waals surface area contributed by atoms with Gasteiger partial charge in [-0.2, -0.15) is 0 Å². The van der Waals surface area contributed by atoms with E-state index in [-0.39, 0.29) is 0 Å². The number of hydrogen-bond acceptors (Lipinski definition) is 4. The molecule has 0 saturated heterocycles. The van der Waals surface area contributed by atoms with E-state index in [0.29, 0.717) is 6.04 Å². The van der Waals surface area contributed by atoms with Crippen LogP contribution in [-0.2, 0) is 6.54 Å². The fourth-order valence-electron chi connectivity index (χ4n) is 1.77. The lowest BCUT2D eigenvalue weighted by Gasteiger charge is -2.14. The average molecular weight is 351 g/mol. The largest absolute Gasteiger partial charge is 0.497 e. The predicted octanol–water partition coefficient (Wildman–Crippen LogP) is 4.14. The molecule has 0 radical (unpaired) electrons. The standard InChI is InChI=1S/C16H19BrN2O2/c1-11(2)19-9-12-6-7-18-10-16(12)21-15-5-4-13(20-3)8-14(15)17/h4-8,10-11,19H,9H2,1-3H3. The second kappa shape index (κ2) is 7.43. The molecule has 0 saturated carbocycles. The first kappa shape index (κ1) is 15.8. The van der Waals surface area contributed by atoms with Crippen molar-refractivity contribution < 1.29 is 9.47 Å². The molecular formula is C16H19BrN2O2. The summed E-state index contributed by atoms with van der Waals surface area (Å²) >= 11 is 3.49. The van der Waals surface area contributed by atoms with Crippen LogP contribution < -0.4 is 14.8 Å². The number of methoxy groups -OCH3 is 1. The van der Waals surface area contributed by atoms with E-state index in [0.717, 1.165) is 33.8 Å². The Morgan fingerprint density at radius 1 is 1.24 bits per heavy atom. The Hall–Kier alpha value is -1.59. The van der Waals surface area contributed by atoms with Crippen LogP contribution in [0.4, 0.5) is 0 Å². The maximum atomic E-state index is 5.97. The number of halogens is 1. The third-order valence-corrected chi connectivity index (χ3v) is 3.55. The molecule has 0 aliphatic rings. The molecule has 21 heavy (non-hydrogen) atoms. The van der Waals surface area contributed by atoms with Gasteiger partial charge in [-0.25, -0.2) is 0 Å². The molecule has 1 heterocycles. The van der Waals surface area contributed by atoms with Gasteiger partial charge in [-0.3, -0.25) is 4.98 Å². The molecule has 1 aromatic heterocycles. The van der Waals surface area contributed by atoms with Crippen molar-refractivity contribution in [1.29, 1.82) is 0 Å². The lowest BCUT2D eigenvalue weighted by Crippen LogP contribution is -2.22. The van der Waals surface area contributed by atoms with Gasteiger partial charge in [-0.05, 0) is 40.2 Å². The van der Waals surface area contributed by atoms with Gasteiger partial charge in [0.15, 0.2) is 0 Å². The Morgan fingerprint density at radius 3 is 2.71 bits per heavy atom. The maximum absolute atomic E-state index is 5.97. The van der Waals surface area contributed by atoms with Crippen molar-refractivity contribution in [3.63, 3.8) is 0 Å². The van der Waals surface area contributed by atoms with Gasteiger partial charge >= 0.3 is 0 Å². The quantitative estimate of drug-likeness (QED) is 0.849. The minimum atomic E-state index is 0.415. The van der Waals surface area contributed by atoms with Gasteiger partial charge in [-0.1, -0.05) is 13.8 Å². The lowest BCUT2D eigenvalue weighted by atomic mass is 10.2. The summed E-state index contributed by atoms with van der Waals surface area (Å²) in [5.74, 6) is 2.26. The second-order valence-electron chi connectivity index (χ2n) is 4.92. The summed E-state index contributed by atoms with van der Waals surface area (Å²) in [5.41, 5.74) is 1.07. The van der Waals surface area contributed by atoms with Gasteiger partial charge < -0.3 is 14.8 Å². The first-order valence-electron chi connectivity index (χ1n) is 6.78. The summed E-state index contributed by atoms with van der Waals surface area (Å²) in [6.07, 6.45) is 3.50. The van der Waals surface area contributed by atoms with Crippen LogP contribution in [-0.4, -0.2) is 18.1 Å². The average Bonchev–Trinajstić information content (AvgIpc) is 2.48. The van der Waals surface area contributed by atoms with E-state index in [1.165, 1.54) is 0 Å². The summed E-state index contributed by atoms with van der Waals surface area (Å²) < 4.78 is 12.0. The van der Waals surface area contributed by atoms with Crippen molar-refractivity contribution in [3.05, 3.63) is 46.7 Å². The van der Waals surface area contributed by atoms with Crippen molar-refractivity contribution in [3.8, 4) is 17.2 Å². The molecule has 2 rings (SSSR count). The van der Waals surface area contributed by atoms with Crippen LogP contribution in [0.15, 0.2) is 41.1 Å². The maximum Gasteiger partial charge on any atom is 0.150 e. The van der Waals surface area contributed by atoms with Crippen LogP contribution in [0.1, 0.15) is 19.4 Å². The summed E-state index contributed by atoms with van der Waals surface area (Å²) in [6.45, 7) is 4.97. The molecule has 2 aromatic rings. The van der Waals surface area contributed by atoms with Crippen LogP contribution in [0, 0.1) is 0 Å². The van der Waals surface area contributed by atoms with Crippen LogP contribution in [0.5, 0.6) is 17.2 Å². The first-order chi connectivity index (χ1) is 10.1. The minimum Gasteiger partial charge on any atom is -0.497 e. The van der Waals surface area contributed by atoms with Crippen LogP contribution >= 0.6 is 15.9 Å². The molecule has 0 aliphatic heterocycles. The van der Waals surface area contributed by atoms with E-state index in [4.69, 9.17) is 9.47 Å². The highest BCUT2D eigenvalue weighted by Crippen LogP contribution is 2.33. The zero-order valence-corrected chi connectivity index (χ0v) is 14.0. The third-order valence-electron chi connectivity index (χ3n) is 2.93. The van der Waals surface area contributed by atoms with Crippen LogP contribution in [0.25, 0.3) is 0 Å². The molecule has 0 unspecified atom stereocenters. The van der Waals surface area contributed by atoms with E-state index in [9.17, 15) is 0 Å². The molecule has 0 fully saturated rings. The van der Waals surface area contributed by atoms with Gasteiger partial charge in [0, 0.05) is 24.3 Å². The highest BCUT2D eigenvalue weighted by molar-refractivity contribution is 9.10. The Balaban J connectivity index is 2.19. The van der Waals surface area contributed by atoms with Crippen LogP contribution in [0.3, 0.4) is 0 Å². The number of nitrogens with one attached hydrogen (secondary N) is 1. The van der Waals surface area contributed by atoms with Crippen LogP contribution in [0.2, 0.25) is 0 Å². The summed E-state index contributed by atoms with van der Waals surface area (Å²) in [7, 11) is 1.64. The zero-order valence-electron chi connectivity index (χ0n) is 12.4. The molecule has 0 aliphatic carbocycles. The molecule has 0 bridgehead atoms. The van der Waals surface area contributed by atoms with Crippen molar-refractivity contribution in [1.82, 2.24) is 10.3 Å². The molecule has 1 N–H and O–H groups in total. The number of nitrogens with zero attached hydrogens (tertiary/aromatic N) is 1. The predicted molar refractivity (Wildman–Crippen MR) is 87.0 cm³/mol. The van der Waals surface area contributed by atoms with Crippen molar-refractivity contribution >= 4 is 15.9 Å². The Labute approximate surface area is 133 Å². The fourth-order valence-corrected chi connectivity index (χ4v) is 2.21. The summed E-state index contributed by atoms with van der Waals surface area (Å²) in [4.78, 5) is 4.14. The van der Waals surface area contributed by atoms with E-state index in [2.05, 4.69) is 40.1 Å². The zero-order chi connectivity index (χ0) is 15.2. The highest BCUT2D eigenvalue weighted by atomic mass is 79.9. The normalized spacial score (nSPS) is 10.7. The number of benzene rings is 1. The van der Waals surface area contributed by atoms with E-state index in [1.807, 2.05) is 24.3 Å². The molecule has 1 aromatic carbocycles. The van der Waals surface area contributed by atoms with E-state index in [1.54, 1.807) is 19.5 Å². The van der Waals surface area contributed by atoms with Gasteiger partial charge in [0.05, 0.1) is 17.8 Å². The van der Waals surface area contributed by atoms with E-state index >= 15 is 0 Å². The third kappa shape index (κ3) is 4.44. The Bertz CT molecular complexity index is 603. The topological polar surface area (TPSA) is 43.4 Å². The molecule has 0 amide bonds. The van der Waals surface area contributed by atoms with Crippen molar-refractivity contribution in [2.45, 2.75) is 26.4 Å². The number of rotatable bonds is 6. The highest BCUT2D eigenvalue weighted by Gasteiger charge is 2.09. The summed E-state index contributed by atoms with van der Waals surface area (Å²) in [5, 5.41) is 3.38. The number of aromatic nitrogens is 1. The van der Waals surface area contributed by atoms with Gasteiger partial charge in [0.25, 0.3) is 0 Å². The number of pyridine rings is 1. The number of hydrogen-bond donors (Lipinski definition) is 1. The van der Waals surface area contributed by atoms with Gasteiger partial charge in [0.2, 0.25) is 0 Å². The second-order valence-corrected chi connectivity index (χ2v) is 5.77. The molecule has 4 nitrogen and oxygen atoms in total. The van der Waals surface area contributed by atoms with Gasteiger partial charge in [0.1, 0.15) is 17.2 Å². The number of ether oxygens (including phenoxy) is 2. The van der Waals surface area contributed by atoms with E-state index < -0.39 is 0 Å². The Morgan fingerprint density at radius 2 is 2.05 bits per heavy atom. The van der Waals surface area contributed by atoms with Gasteiger partial charge in [-0.15, -0.1) is 0 Å². The molecule has 5 heteroatoms. The monoisotopic (exact) mass is 350 g/mol. The fraction of sp³-hybridized carbons (Fsp3) is 0.312. The molecule has 0 atom stereocenters. The Kier molecular flexibility index (Phi) is 5.59. The lowest BCUT2D eigenvalue weighted by molar-refractivity contribution is 0.411. The first-order valence-corrected chi connectivity index (χ1v) is 7.57. The minimum absolute atomic E-state index is 0.415.